The Morgan fingerprint density at radius 2 is 1.62 bits per heavy atom. The third-order valence-electron chi connectivity index (χ3n) is 4.02. The fourth-order valence-corrected chi connectivity index (χ4v) is 2.35. The quantitative estimate of drug-likeness (QED) is 0.802. The number of amides is 1. The smallest absolute Gasteiger partial charge is 0.338 e. The van der Waals surface area contributed by atoms with Gasteiger partial charge >= 0.3 is 5.97 Å². The van der Waals surface area contributed by atoms with Gasteiger partial charge in [0, 0.05) is 5.69 Å². The Morgan fingerprint density at radius 1 is 1.00 bits per heavy atom. The van der Waals surface area contributed by atoms with Crippen molar-refractivity contribution in [1.29, 1.82) is 0 Å². The van der Waals surface area contributed by atoms with Gasteiger partial charge in [-0.3, -0.25) is 4.79 Å². The van der Waals surface area contributed by atoms with E-state index in [0.29, 0.717) is 11.5 Å². The van der Waals surface area contributed by atoms with Crippen LogP contribution >= 0.6 is 0 Å². The molecule has 0 aliphatic rings. The van der Waals surface area contributed by atoms with Crippen LogP contribution in [0, 0.1) is 0 Å². The van der Waals surface area contributed by atoms with Crippen molar-refractivity contribution in [2.24, 2.45) is 0 Å². The summed E-state index contributed by atoms with van der Waals surface area (Å²) in [5.41, 5.74) is 2.27. The van der Waals surface area contributed by atoms with Crippen LogP contribution in [0.2, 0.25) is 0 Å². The summed E-state index contributed by atoms with van der Waals surface area (Å²) in [7, 11) is 0. The van der Waals surface area contributed by atoms with E-state index in [4.69, 9.17) is 4.74 Å². The van der Waals surface area contributed by atoms with Crippen molar-refractivity contribution in [3.63, 3.8) is 0 Å². The van der Waals surface area contributed by atoms with Crippen molar-refractivity contribution >= 4 is 17.6 Å². The van der Waals surface area contributed by atoms with Crippen LogP contribution in [-0.4, -0.2) is 18.0 Å². The van der Waals surface area contributed by atoms with Gasteiger partial charge < -0.3 is 10.1 Å². The molecule has 2 aromatic carbocycles. The van der Waals surface area contributed by atoms with E-state index in [1.807, 2.05) is 30.3 Å². The highest BCUT2D eigenvalue weighted by molar-refractivity contribution is 5.97. The number of ether oxygens (including phenoxy) is 1. The molecule has 0 aliphatic carbocycles. The molecule has 2 atom stereocenters. The first-order valence-corrected chi connectivity index (χ1v) is 8.18. The van der Waals surface area contributed by atoms with Gasteiger partial charge in [-0.2, -0.15) is 0 Å². The molecule has 0 saturated heterocycles. The van der Waals surface area contributed by atoms with Gasteiger partial charge in [0.25, 0.3) is 5.91 Å². The minimum atomic E-state index is -0.873. The van der Waals surface area contributed by atoms with Gasteiger partial charge in [0.05, 0.1) is 5.56 Å². The summed E-state index contributed by atoms with van der Waals surface area (Å²) in [5, 5.41) is 2.87. The van der Waals surface area contributed by atoms with Crippen LogP contribution in [0.15, 0.2) is 54.6 Å². The lowest BCUT2D eigenvalue weighted by molar-refractivity contribution is -0.123. The molecule has 1 N–H and O–H groups in total. The summed E-state index contributed by atoms with van der Waals surface area (Å²) in [6, 6.07) is 16.3. The minimum Gasteiger partial charge on any atom is -0.449 e. The largest absolute Gasteiger partial charge is 0.449 e. The van der Waals surface area contributed by atoms with Gasteiger partial charge in [-0.05, 0) is 43.0 Å². The SMILES string of the molecule is CC[C@@H](C)c1ccccc1NC(=O)[C@@H](C)OC(=O)c1ccccc1. The van der Waals surface area contributed by atoms with E-state index in [-0.39, 0.29) is 5.91 Å². The summed E-state index contributed by atoms with van der Waals surface area (Å²) in [5.74, 6) is -0.507. The molecule has 2 rings (SSSR count). The second-order valence-electron chi connectivity index (χ2n) is 5.80. The lowest BCUT2D eigenvalue weighted by atomic mass is 9.97. The number of carbonyl (C=O) groups excluding carboxylic acids is 2. The van der Waals surface area contributed by atoms with Gasteiger partial charge in [-0.15, -0.1) is 0 Å². The first kappa shape index (κ1) is 17.7. The fraction of sp³-hybridized carbons (Fsp3) is 0.300. The molecule has 4 nitrogen and oxygen atoms in total. The maximum Gasteiger partial charge on any atom is 0.338 e. The van der Waals surface area contributed by atoms with Gasteiger partial charge in [0.1, 0.15) is 0 Å². The van der Waals surface area contributed by atoms with Crippen molar-refractivity contribution in [3.05, 3.63) is 65.7 Å². The number of para-hydroxylation sites is 1. The van der Waals surface area contributed by atoms with Crippen molar-refractivity contribution in [2.75, 3.05) is 5.32 Å². The third kappa shape index (κ3) is 4.44. The summed E-state index contributed by atoms with van der Waals surface area (Å²) in [6.07, 6.45) is 0.105. The second-order valence-corrected chi connectivity index (χ2v) is 5.80. The molecule has 0 unspecified atom stereocenters. The lowest BCUT2D eigenvalue weighted by Gasteiger charge is -2.18. The van der Waals surface area contributed by atoms with E-state index in [1.165, 1.54) is 0 Å². The van der Waals surface area contributed by atoms with Crippen molar-refractivity contribution < 1.29 is 14.3 Å². The lowest BCUT2D eigenvalue weighted by Crippen LogP contribution is -2.30. The zero-order chi connectivity index (χ0) is 17.5. The summed E-state index contributed by atoms with van der Waals surface area (Å²) in [6.45, 7) is 5.79. The maximum absolute atomic E-state index is 12.4. The Bertz CT molecular complexity index is 697. The molecule has 24 heavy (non-hydrogen) atoms. The first-order chi connectivity index (χ1) is 11.5. The summed E-state index contributed by atoms with van der Waals surface area (Å²) >= 11 is 0. The van der Waals surface area contributed by atoms with Crippen molar-refractivity contribution in [3.8, 4) is 0 Å². The predicted octanol–water partition coefficient (Wildman–Crippen LogP) is 4.38. The molecular formula is C20H23NO3. The van der Waals surface area contributed by atoms with Crippen molar-refractivity contribution in [1.82, 2.24) is 0 Å². The number of nitrogens with one attached hydrogen (secondary N) is 1. The molecule has 1 amide bonds. The van der Waals surface area contributed by atoms with Crippen LogP contribution in [0.4, 0.5) is 5.69 Å². The Hall–Kier alpha value is -2.62. The normalized spacial score (nSPS) is 13.0. The van der Waals surface area contributed by atoms with Crippen LogP contribution in [-0.2, 0) is 9.53 Å². The van der Waals surface area contributed by atoms with Crippen LogP contribution in [0.3, 0.4) is 0 Å². The number of rotatable bonds is 6. The van der Waals surface area contributed by atoms with E-state index >= 15 is 0 Å². The summed E-state index contributed by atoms with van der Waals surface area (Å²) < 4.78 is 5.25. The molecule has 0 bridgehead atoms. The Labute approximate surface area is 142 Å². The van der Waals surface area contributed by atoms with E-state index in [1.54, 1.807) is 31.2 Å². The Kier molecular flexibility index (Phi) is 6.13. The highest BCUT2D eigenvalue weighted by atomic mass is 16.5. The molecule has 0 heterocycles. The van der Waals surface area contributed by atoms with Gasteiger partial charge in [-0.25, -0.2) is 4.79 Å². The Morgan fingerprint density at radius 3 is 2.29 bits per heavy atom. The fourth-order valence-electron chi connectivity index (χ4n) is 2.35. The monoisotopic (exact) mass is 325 g/mol. The van der Waals surface area contributed by atoms with Gasteiger partial charge in [0.2, 0.25) is 0 Å². The first-order valence-electron chi connectivity index (χ1n) is 8.18. The van der Waals surface area contributed by atoms with Crippen LogP contribution in [0.25, 0.3) is 0 Å². The molecule has 0 aromatic heterocycles. The number of esters is 1. The van der Waals surface area contributed by atoms with Crippen LogP contribution in [0.1, 0.15) is 49.0 Å². The van der Waals surface area contributed by atoms with E-state index < -0.39 is 12.1 Å². The Balaban J connectivity index is 2.03. The highest BCUT2D eigenvalue weighted by Crippen LogP contribution is 2.26. The second kappa shape index (κ2) is 8.29. The van der Waals surface area contributed by atoms with Gasteiger partial charge in [0.15, 0.2) is 6.10 Å². The topological polar surface area (TPSA) is 55.4 Å². The standard InChI is InChI=1S/C20H23NO3/c1-4-14(2)17-12-8-9-13-18(17)21-19(22)15(3)24-20(23)16-10-6-5-7-11-16/h5-15H,4H2,1-3H3,(H,21,22)/t14-,15-/m1/s1. The molecular weight excluding hydrogens is 302 g/mol. The predicted molar refractivity (Wildman–Crippen MR) is 95.1 cm³/mol. The zero-order valence-electron chi connectivity index (χ0n) is 14.3. The van der Waals surface area contributed by atoms with Crippen molar-refractivity contribution in [2.45, 2.75) is 39.2 Å². The van der Waals surface area contributed by atoms with Crippen LogP contribution in [0.5, 0.6) is 0 Å². The molecule has 0 saturated carbocycles. The molecule has 0 spiro atoms. The van der Waals surface area contributed by atoms with Gasteiger partial charge in [-0.1, -0.05) is 50.2 Å². The molecule has 0 fully saturated rings. The van der Waals surface area contributed by atoms with Crippen LogP contribution < -0.4 is 5.32 Å². The average Bonchev–Trinajstić information content (AvgIpc) is 2.62. The van der Waals surface area contributed by atoms with E-state index in [0.717, 1.165) is 17.7 Å². The molecule has 2 aromatic rings. The van der Waals surface area contributed by atoms with E-state index in [9.17, 15) is 9.59 Å². The number of anilines is 1. The third-order valence-corrected chi connectivity index (χ3v) is 4.02. The number of carbonyl (C=O) groups is 2. The number of hydrogen-bond donors (Lipinski definition) is 1. The molecule has 4 heteroatoms. The molecule has 126 valence electrons. The summed E-state index contributed by atoms with van der Waals surface area (Å²) in [4.78, 5) is 24.4. The molecule has 0 radical (unpaired) electrons. The number of hydrogen-bond acceptors (Lipinski definition) is 3. The highest BCUT2D eigenvalue weighted by Gasteiger charge is 2.20. The van der Waals surface area contributed by atoms with E-state index in [2.05, 4.69) is 19.2 Å². The minimum absolute atomic E-state index is 0.337. The maximum atomic E-state index is 12.4. The zero-order valence-corrected chi connectivity index (χ0v) is 14.3. The average molecular weight is 325 g/mol. The molecule has 0 aliphatic heterocycles. The number of benzene rings is 2.